The summed E-state index contributed by atoms with van der Waals surface area (Å²) in [5.41, 5.74) is 1.29. The topological polar surface area (TPSA) is 49.3 Å². The first-order chi connectivity index (χ1) is 8.08. The number of benzene rings is 1. The van der Waals surface area contributed by atoms with Crippen LogP contribution in [0.5, 0.6) is 0 Å². The smallest absolute Gasteiger partial charge is 0.329 e. The maximum atomic E-state index is 11.5. The van der Waals surface area contributed by atoms with Crippen molar-refractivity contribution in [3.63, 3.8) is 0 Å². The first kappa shape index (κ1) is 12.0. The van der Waals surface area contributed by atoms with Crippen molar-refractivity contribution in [1.82, 2.24) is 0 Å². The molecule has 0 aliphatic heterocycles. The molecule has 1 saturated carbocycles. The van der Waals surface area contributed by atoms with E-state index in [2.05, 4.69) is 5.32 Å². The molecule has 2 rings (SSSR count). The van der Waals surface area contributed by atoms with Crippen LogP contribution < -0.4 is 5.32 Å². The molecule has 0 radical (unpaired) electrons. The molecule has 1 aromatic carbocycles. The number of hydrogen-bond donors (Lipinski definition) is 2. The molecule has 0 bridgehead atoms. The number of nitrogens with one attached hydrogen (secondary N) is 1. The normalized spacial score (nSPS) is 18.5. The monoisotopic (exact) mass is 233 g/mol. The molecule has 0 amide bonds. The minimum absolute atomic E-state index is 0.270. The molecule has 17 heavy (non-hydrogen) atoms. The van der Waals surface area contributed by atoms with E-state index in [-0.39, 0.29) is 5.92 Å². The minimum Gasteiger partial charge on any atom is -0.479 e. The quantitative estimate of drug-likeness (QED) is 0.821. The van der Waals surface area contributed by atoms with Gasteiger partial charge in [0.05, 0.1) is 0 Å². The van der Waals surface area contributed by atoms with E-state index in [1.54, 1.807) is 0 Å². The summed E-state index contributed by atoms with van der Waals surface area (Å²) in [5, 5.41) is 12.7. The Morgan fingerprint density at radius 3 is 2.41 bits per heavy atom. The Kier molecular flexibility index (Phi) is 3.09. The Bertz CT molecular complexity index is 409. The highest BCUT2D eigenvalue weighted by Gasteiger charge is 2.49. The molecular weight excluding hydrogens is 214 g/mol. The molecule has 1 unspecified atom stereocenters. The van der Waals surface area contributed by atoms with Crippen molar-refractivity contribution >= 4 is 11.7 Å². The van der Waals surface area contributed by atoms with Gasteiger partial charge in [-0.05, 0) is 44.2 Å². The molecule has 2 N–H and O–H groups in total. The van der Waals surface area contributed by atoms with Crippen molar-refractivity contribution < 1.29 is 9.90 Å². The molecule has 1 aliphatic rings. The molecule has 1 atom stereocenters. The molecule has 0 aromatic heterocycles. The SMILES string of the molecule is CCC(Nc1ccc(C)cc1)(C(=O)O)C1CC1. The van der Waals surface area contributed by atoms with Crippen LogP contribution in [0.4, 0.5) is 5.69 Å². The zero-order valence-electron chi connectivity index (χ0n) is 10.4. The van der Waals surface area contributed by atoms with Crippen molar-refractivity contribution in [3.05, 3.63) is 29.8 Å². The maximum absolute atomic E-state index is 11.5. The van der Waals surface area contributed by atoms with Crippen LogP contribution in [0, 0.1) is 12.8 Å². The van der Waals surface area contributed by atoms with E-state index >= 15 is 0 Å². The second kappa shape index (κ2) is 4.40. The summed E-state index contributed by atoms with van der Waals surface area (Å²) < 4.78 is 0. The number of carbonyl (C=O) groups is 1. The average molecular weight is 233 g/mol. The van der Waals surface area contributed by atoms with Gasteiger partial charge in [0.1, 0.15) is 5.54 Å². The van der Waals surface area contributed by atoms with Crippen LogP contribution in [0.1, 0.15) is 31.7 Å². The van der Waals surface area contributed by atoms with Gasteiger partial charge < -0.3 is 10.4 Å². The highest BCUT2D eigenvalue weighted by atomic mass is 16.4. The predicted molar refractivity (Wildman–Crippen MR) is 68.2 cm³/mol. The Morgan fingerprint density at radius 1 is 1.41 bits per heavy atom. The number of carboxylic acids is 1. The lowest BCUT2D eigenvalue weighted by Crippen LogP contribution is -2.48. The second-order valence-electron chi connectivity index (χ2n) is 4.90. The van der Waals surface area contributed by atoms with E-state index in [9.17, 15) is 9.90 Å². The van der Waals surface area contributed by atoms with Gasteiger partial charge in [0.25, 0.3) is 0 Å². The van der Waals surface area contributed by atoms with Gasteiger partial charge in [0.2, 0.25) is 0 Å². The molecule has 92 valence electrons. The molecule has 1 aliphatic carbocycles. The van der Waals surface area contributed by atoms with E-state index in [1.807, 2.05) is 38.1 Å². The maximum Gasteiger partial charge on any atom is 0.329 e. The summed E-state index contributed by atoms with van der Waals surface area (Å²) in [7, 11) is 0. The third-order valence-corrected chi connectivity index (χ3v) is 3.63. The van der Waals surface area contributed by atoms with Gasteiger partial charge in [-0.25, -0.2) is 4.79 Å². The van der Waals surface area contributed by atoms with Gasteiger partial charge in [-0.1, -0.05) is 24.6 Å². The van der Waals surface area contributed by atoms with E-state index < -0.39 is 11.5 Å². The van der Waals surface area contributed by atoms with Crippen LogP contribution in [0.2, 0.25) is 0 Å². The molecule has 0 heterocycles. The highest BCUT2D eigenvalue weighted by molar-refractivity contribution is 5.83. The fourth-order valence-electron chi connectivity index (χ4n) is 2.33. The van der Waals surface area contributed by atoms with Crippen molar-refractivity contribution in [1.29, 1.82) is 0 Å². The fourth-order valence-corrected chi connectivity index (χ4v) is 2.33. The number of anilines is 1. The first-order valence-corrected chi connectivity index (χ1v) is 6.16. The molecule has 1 aromatic rings. The Hall–Kier alpha value is -1.51. The largest absolute Gasteiger partial charge is 0.479 e. The number of hydrogen-bond acceptors (Lipinski definition) is 2. The van der Waals surface area contributed by atoms with Gasteiger partial charge in [-0.2, -0.15) is 0 Å². The fraction of sp³-hybridized carbons (Fsp3) is 0.500. The van der Waals surface area contributed by atoms with E-state index in [0.29, 0.717) is 6.42 Å². The molecule has 0 saturated heterocycles. The summed E-state index contributed by atoms with van der Waals surface area (Å²) in [4.78, 5) is 11.5. The third kappa shape index (κ3) is 2.28. The molecular formula is C14H19NO2. The van der Waals surface area contributed by atoms with Crippen molar-refractivity contribution in [2.24, 2.45) is 5.92 Å². The molecule has 3 nitrogen and oxygen atoms in total. The summed E-state index contributed by atoms with van der Waals surface area (Å²) in [6, 6.07) is 7.89. The van der Waals surface area contributed by atoms with Crippen LogP contribution in [-0.4, -0.2) is 16.6 Å². The number of aliphatic carboxylic acids is 1. The Labute approximate surface area is 102 Å². The highest BCUT2D eigenvalue weighted by Crippen LogP contribution is 2.43. The van der Waals surface area contributed by atoms with Crippen LogP contribution in [0.25, 0.3) is 0 Å². The van der Waals surface area contributed by atoms with Crippen molar-refractivity contribution in [3.8, 4) is 0 Å². The van der Waals surface area contributed by atoms with E-state index in [1.165, 1.54) is 5.56 Å². The Balaban J connectivity index is 2.23. The van der Waals surface area contributed by atoms with Crippen LogP contribution in [0.3, 0.4) is 0 Å². The predicted octanol–water partition coefficient (Wildman–Crippen LogP) is 3.05. The lowest BCUT2D eigenvalue weighted by atomic mass is 9.89. The van der Waals surface area contributed by atoms with Crippen molar-refractivity contribution in [2.75, 3.05) is 5.32 Å². The zero-order valence-corrected chi connectivity index (χ0v) is 10.4. The lowest BCUT2D eigenvalue weighted by molar-refractivity contribution is -0.143. The van der Waals surface area contributed by atoms with E-state index in [0.717, 1.165) is 18.5 Å². The van der Waals surface area contributed by atoms with E-state index in [4.69, 9.17) is 0 Å². The third-order valence-electron chi connectivity index (χ3n) is 3.63. The molecule has 0 spiro atoms. The summed E-state index contributed by atoms with van der Waals surface area (Å²) in [6.45, 7) is 3.96. The number of carboxylic acid groups (broad SMARTS) is 1. The van der Waals surface area contributed by atoms with Gasteiger partial charge in [-0.15, -0.1) is 0 Å². The van der Waals surface area contributed by atoms with Gasteiger partial charge in [-0.3, -0.25) is 0 Å². The molecule has 3 heteroatoms. The summed E-state index contributed by atoms with van der Waals surface area (Å²) >= 11 is 0. The van der Waals surface area contributed by atoms with Crippen LogP contribution in [0.15, 0.2) is 24.3 Å². The van der Waals surface area contributed by atoms with Gasteiger partial charge in [0, 0.05) is 5.69 Å². The van der Waals surface area contributed by atoms with Crippen LogP contribution >= 0.6 is 0 Å². The second-order valence-corrected chi connectivity index (χ2v) is 4.90. The zero-order chi connectivity index (χ0) is 12.5. The van der Waals surface area contributed by atoms with Crippen LogP contribution in [-0.2, 0) is 4.79 Å². The van der Waals surface area contributed by atoms with Gasteiger partial charge in [0.15, 0.2) is 0 Å². The number of aryl methyl sites for hydroxylation is 1. The lowest BCUT2D eigenvalue weighted by Gasteiger charge is -2.30. The summed E-state index contributed by atoms with van der Waals surface area (Å²) in [5.74, 6) is -0.464. The Morgan fingerprint density at radius 2 is 2.00 bits per heavy atom. The molecule has 1 fully saturated rings. The average Bonchev–Trinajstić information content (AvgIpc) is 3.12. The van der Waals surface area contributed by atoms with Crippen molar-refractivity contribution in [2.45, 2.75) is 38.6 Å². The minimum atomic E-state index is -0.782. The van der Waals surface area contributed by atoms with Gasteiger partial charge >= 0.3 is 5.97 Å². The standard InChI is InChI=1S/C14H19NO2/c1-3-14(13(16)17,11-6-7-11)15-12-8-4-10(2)5-9-12/h4-5,8-9,11,15H,3,6-7H2,1-2H3,(H,16,17). The number of rotatable bonds is 5. The summed E-state index contributed by atoms with van der Waals surface area (Å²) in [6.07, 6.45) is 2.64. The first-order valence-electron chi connectivity index (χ1n) is 6.16.